The molecule has 33 heavy (non-hydrogen) atoms. The summed E-state index contributed by atoms with van der Waals surface area (Å²) in [6, 6.07) is 4.62. The fourth-order valence-corrected chi connectivity index (χ4v) is 2.99. The lowest BCUT2D eigenvalue weighted by atomic mass is 10.2. The fraction of sp³-hybridized carbons (Fsp3) is 0.348. The van der Waals surface area contributed by atoms with E-state index in [1.165, 1.54) is 38.5 Å². The number of ether oxygens (including phenoxy) is 4. The predicted molar refractivity (Wildman–Crippen MR) is 122 cm³/mol. The smallest absolute Gasteiger partial charge is 0.267 e. The largest absolute Gasteiger partial charge is 0.493 e. The molecule has 1 fully saturated rings. The number of fused-ring (bicyclic) bond motifs is 2. The molecule has 3 aromatic rings. The Morgan fingerprint density at radius 2 is 1.82 bits per heavy atom. The number of methoxy groups -OCH3 is 2. The molecule has 2 aliphatic heterocycles. The molecule has 0 saturated carbocycles. The number of nitrogens with two attached hydrogens (primary N) is 1. The molecule has 0 bridgehead atoms. The van der Waals surface area contributed by atoms with Crippen LogP contribution in [-0.2, 0) is 4.79 Å². The molecule has 172 valence electrons. The number of nitrogens with zero attached hydrogens (tertiary/aromatic N) is 4. The van der Waals surface area contributed by atoms with Gasteiger partial charge < -0.3 is 34.5 Å². The number of para-hydroxylation sites is 2. The van der Waals surface area contributed by atoms with E-state index in [0.717, 1.165) is 0 Å². The molecule has 1 aromatic heterocycles. The van der Waals surface area contributed by atoms with Crippen molar-refractivity contribution < 1.29 is 40.2 Å². The molecule has 3 heterocycles. The number of anilines is 2. The second kappa shape index (κ2) is 8.53. The van der Waals surface area contributed by atoms with E-state index in [9.17, 15) is 4.79 Å². The first-order chi connectivity index (χ1) is 20.7. The van der Waals surface area contributed by atoms with Crippen molar-refractivity contribution in [2.24, 2.45) is 0 Å². The number of hydrogen-bond donors (Lipinski definition) is 1. The predicted octanol–water partition coefficient (Wildman–Crippen LogP) is 1.72. The van der Waals surface area contributed by atoms with E-state index < -0.39 is 78.8 Å². The Morgan fingerprint density at radius 3 is 2.55 bits per heavy atom. The van der Waals surface area contributed by atoms with Crippen LogP contribution >= 0.6 is 0 Å². The fourth-order valence-electron chi connectivity index (χ4n) is 2.99. The van der Waals surface area contributed by atoms with E-state index in [1.54, 1.807) is 0 Å². The summed E-state index contributed by atoms with van der Waals surface area (Å²) in [7, 11) is 2.38. The summed E-state index contributed by atoms with van der Waals surface area (Å²) >= 11 is 0. The van der Waals surface area contributed by atoms with Gasteiger partial charge in [0.25, 0.3) is 5.91 Å². The second-order valence-electron chi connectivity index (χ2n) is 6.57. The number of rotatable bonds is 4. The summed E-state index contributed by atoms with van der Waals surface area (Å²) in [5.41, 5.74) is 5.60. The Balaban J connectivity index is 1.68. The average molecular weight is 464 g/mol. The van der Waals surface area contributed by atoms with Gasteiger partial charge in [-0.2, -0.15) is 4.98 Å². The van der Waals surface area contributed by atoms with Gasteiger partial charge in [0, 0.05) is 37.4 Å². The maximum Gasteiger partial charge on any atom is 0.267 e. The first-order valence-electron chi connectivity index (χ1n) is 15.5. The number of aromatic nitrogens is 2. The number of nitrogen functional groups attached to an aromatic ring is 1. The van der Waals surface area contributed by atoms with E-state index in [2.05, 4.69) is 9.97 Å². The summed E-state index contributed by atoms with van der Waals surface area (Å²) < 4.78 is 124. The summed E-state index contributed by atoms with van der Waals surface area (Å²) in [5, 5.41) is -0.265. The second-order valence-corrected chi connectivity index (χ2v) is 6.57. The van der Waals surface area contributed by atoms with Crippen molar-refractivity contribution in [3.8, 4) is 23.0 Å². The maximum absolute atomic E-state index is 13.8. The van der Waals surface area contributed by atoms with Crippen LogP contribution < -0.4 is 29.6 Å². The van der Waals surface area contributed by atoms with Gasteiger partial charge in [-0.15, -0.1) is 0 Å². The van der Waals surface area contributed by atoms with Gasteiger partial charge in [-0.25, -0.2) is 4.98 Å². The molecule has 1 saturated heterocycles. The van der Waals surface area contributed by atoms with E-state index in [0.29, 0.717) is 0 Å². The third-order valence-corrected chi connectivity index (χ3v) is 4.57. The highest BCUT2D eigenvalue weighted by Crippen LogP contribution is 2.34. The topological polar surface area (TPSA) is 112 Å². The number of carbonyl (C=O) groups excluding carboxylic acids is 1. The van der Waals surface area contributed by atoms with Crippen LogP contribution in [0, 0.1) is 0 Å². The zero-order chi connectivity index (χ0) is 33.7. The third kappa shape index (κ3) is 3.88. The highest BCUT2D eigenvalue weighted by molar-refractivity contribution is 5.91. The van der Waals surface area contributed by atoms with Gasteiger partial charge >= 0.3 is 0 Å². The van der Waals surface area contributed by atoms with Crippen molar-refractivity contribution in [2.75, 3.05) is 57.4 Å². The van der Waals surface area contributed by atoms with E-state index in [4.69, 9.17) is 41.1 Å². The monoisotopic (exact) mass is 463 g/mol. The van der Waals surface area contributed by atoms with Crippen molar-refractivity contribution >= 4 is 28.6 Å². The lowest BCUT2D eigenvalue weighted by Crippen LogP contribution is -2.54. The molecule has 1 amide bonds. The minimum atomic E-state index is -3.79. The third-order valence-electron chi connectivity index (χ3n) is 4.57. The van der Waals surface area contributed by atoms with Gasteiger partial charge in [0.15, 0.2) is 23.0 Å². The molecule has 2 N–H and O–H groups in total. The molecular weight excluding hydrogens is 426 g/mol. The molecule has 1 atom stereocenters. The molecule has 0 radical (unpaired) electrons. The lowest BCUT2D eigenvalue weighted by molar-refractivity contribution is -0.141. The Hall–Kier alpha value is -3.95. The van der Waals surface area contributed by atoms with E-state index >= 15 is 0 Å². The number of piperazine rings is 1. The Kier molecular flexibility index (Phi) is 2.91. The minimum Gasteiger partial charge on any atom is -0.493 e. The van der Waals surface area contributed by atoms with Crippen LogP contribution in [0.25, 0.3) is 10.9 Å². The van der Waals surface area contributed by atoms with Gasteiger partial charge in [-0.1, -0.05) is 12.1 Å². The number of amides is 1. The zero-order valence-corrected chi connectivity index (χ0v) is 17.3. The van der Waals surface area contributed by atoms with Crippen molar-refractivity contribution in [1.82, 2.24) is 14.9 Å². The molecule has 10 nitrogen and oxygen atoms in total. The number of carbonyl (C=O) groups is 1. The van der Waals surface area contributed by atoms with Crippen molar-refractivity contribution in [2.45, 2.75) is 6.10 Å². The van der Waals surface area contributed by atoms with Crippen LogP contribution in [0.15, 0.2) is 36.4 Å². The van der Waals surface area contributed by atoms with Crippen molar-refractivity contribution in [3.63, 3.8) is 0 Å². The zero-order valence-electron chi connectivity index (χ0n) is 29.3. The quantitative estimate of drug-likeness (QED) is 0.618. The van der Waals surface area contributed by atoms with Crippen LogP contribution in [0.5, 0.6) is 23.0 Å². The van der Waals surface area contributed by atoms with Gasteiger partial charge in [0.1, 0.15) is 12.4 Å². The standard InChI is InChI=1S/C23H25N5O5/c1-30-18-11-14-15(12-19(18)31-2)25-23(26-21(14)24)28-9-7-27(8-10-28)22(29)20-13-32-16-5-3-4-6-17(16)33-20/h3-6,11-12,20H,7-10,13H2,1-2H3,(H2,24,25,26)/i7D2,8D2,9D2,10D2,11D,12D,13D2. The van der Waals surface area contributed by atoms with E-state index in [1.807, 2.05) is 0 Å². The Bertz CT molecular complexity index is 1700. The Labute approximate surface area is 207 Å². The summed E-state index contributed by atoms with van der Waals surface area (Å²) in [6.45, 7) is -18.0. The summed E-state index contributed by atoms with van der Waals surface area (Å²) in [5.74, 6) is -4.17. The summed E-state index contributed by atoms with van der Waals surface area (Å²) in [4.78, 5) is 21.2. The molecule has 0 aliphatic carbocycles. The van der Waals surface area contributed by atoms with Gasteiger partial charge in [-0.3, -0.25) is 4.79 Å². The highest BCUT2D eigenvalue weighted by atomic mass is 16.6. The van der Waals surface area contributed by atoms with E-state index in [-0.39, 0.29) is 33.3 Å². The lowest BCUT2D eigenvalue weighted by Gasteiger charge is -2.37. The SMILES string of the molecule is [2H]c1c(OC)c(OC)c([2H])c2c(N)nc(N3C([2H])([2H])C([2H])([2H])N(C(=O)C4Oc5ccccc5OC4([2H])[2H])C([2H])([2H])C3([2H])[2H])nc12. The van der Waals surface area contributed by atoms with Crippen LogP contribution in [0.3, 0.4) is 0 Å². The molecule has 5 rings (SSSR count). The van der Waals surface area contributed by atoms with Crippen LogP contribution in [0.4, 0.5) is 11.8 Å². The molecule has 2 aliphatic rings. The number of benzene rings is 2. The normalized spacial score (nSPS) is 30.7. The van der Waals surface area contributed by atoms with Crippen LogP contribution in [0.2, 0.25) is 0 Å². The number of hydrogen-bond acceptors (Lipinski definition) is 9. The first kappa shape index (κ1) is 11.3. The molecule has 1 unspecified atom stereocenters. The molecule has 0 spiro atoms. The van der Waals surface area contributed by atoms with Gasteiger partial charge in [0.05, 0.1) is 36.2 Å². The summed E-state index contributed by atoms with van der Waals surface area (Å²) in [6.07, 6.45) is -2.40. The molecule has 10 heteroatoms. The van der Waals surface area contributed by atoms with Crippen molar-refractivity contribution in [1.29, 1.82) is 0 Å². The van der Waals surface area contributed by atoms with Crippen LogP contribution in [0.1, 0.15) is 16.4 Å². The Morgan fingerprint density at radius 1 is 1.12 bits per heavy atom. The minimum absolute atomic E-state index is 0.0957. The van der Waals surface area contributed by atoms with Crippen LogP contribution in [-0.4, -0.2) is 73.6 Å². The molecule has 2 aromatic carbocycles. The highest BCUT2D eigenvalue weighted by Gasteiger charge is 2.33. The van der Waals surface area contributed by atoms with Crippen molar-refractivity contribution in [3.05, 3.63) is 36.4 Å². The van der Waals surface area contributed by atoms with Gasteiger partial charge in [-0.05, 0) is 18.2 Å². The van der Waals surface area contributed by atoms with Gasteiger partial charge in [0.2, 0.25) is 12.1 Å². The first-order valence-corrected chi connectivity index (χ1v) is 9.46. The molecular formula is C23H25N5O5. The maximum atomic E-state index is 13.8. The average Bonchev–Trinajstić information content (AvgIpc) is 2.92.